The summed E-state index contributed by atoms with van der Waals surface area (Å²) in [6.07, 6.45) is 9.26. The highest BCUT2D eigenvalue weighted by Gasteiger charge is 2.25. The van der Waals surface area contributed by atoms with Crippen LogP contribution in [0.25, 0.3) is 22.5 Å². The van der Waals surface area contributed by atoms with Gasteiger partial charge >= 0.3 is 0 Å². The molecule has 4 aromatic rings. The molecule has 1 aliphatic rings. The minimum absolute atomic E-state index is 0.328. The van der Waals surface area contributed by atoms with Gasteiger partial charge in [0.1, 0.15) is 24.1 Å². The normalized spacial score (nSPS) is 14.8. The molecule has 0 aliphatic heterocycles. The third kappa shape index (κ3) is 2.79. The summed E-state index contributed by atoms with van der Waals surface area (Å²) in [6.45, 7) is 0. The summed E-state index contributed by atoms with van der Waals surface area (Å²) in [5.41, 5.74) is 7.52. The number of hydrogen-bond donors (Lipinski definition) is 1. The zero-order chi connectivity index (χ0) is 18.2. The summed E-state index contributed by atoms with van der Waals surface area (Å²) in [7, 11) is 0. The zero-order valence-corrected chi connectivity index (χ0v) is 14.6. The molecule has 27 heavy (non-hydrogen) atoms. The molecular formula is C19H18N6O2. The Morgan fingerprint density at radius 2 is 2.04 bits per heavy atom. The van der Waals surface area contributed by atoms with Gasteiger partial charge < -0.3 is 14.9 Å². The number of nitrogens with zero attached hydrogens (tertiary/aromatic N) is 5. The van der Waals surface area contributed by atoms with Gasteiger partial charge in [0.05, 0.1) is 11.4 Å². The molecule has 0 atom stereocenters. The van der Waals surface area contributed by atoms with Gasteiger partial charge in [-0.2, -0.15) is 5.10 Å². The van der Waals surface area contributed by atoms with Crippen molar-refractivity contribution >= 4 is 16.9 Å². The Bertz CT molecular complexity index is 1080. The average Bonchev–Trinajstić information content (AvgIpc) is 3.42. The standard InChI is InChI=1S/C19H18N6O2/c20-18-16-17(14-9-13(10-26-14)27-15-7-3-4-8-21-15)24-25(12-5-1-2-6-12)19(16)23-11-22-18/h3-4,7-12H,1-2,5-6H2,(H2,20,22,23). The lowest BCUT2D eigenvalue weighted by atomic mass is 10.2. The third-order valence-electron chi connectivity index (χ3n) is 4.86. The van der Waals surface area contributed by atoms with Gasteiger partial charge in [0.15, 0.2) is 17.2 Å². The van der Waals surface area contributed by atoms with Gasteiger partial charge in [-0.3, -0.25) is 0 Å². The van der Waals surface area contributed by atoms with Crippen molar-refractivity contribution in [2.45, 2.75) is 31.7 Å². The van der Waals surface area contributed by atoms with Gasteiger partial charge in [-0.25, -0.2) is 19.6 Å². The number of hydrogen-bond acceptors (Lipinski definition) is 7. The van der Waals surface area contributed by atoms with Crippen molar-refractivity contribution in [3.63, 3.8) is 0 Å². The monoisotopic (exact) mass is 362 g/mol. The van der Waals surface area contributed by atoms with E-state index in [0.717, 1.165) is 18.5 Å². The lowest BCUT2D eigenvalue weighted by molar-refractivity contribution is 0.450. The first-order chi connectivity index (χ1) is 13.3. The van der Waals surface area contributed by atoms with E-state index < -0.39 is 0 Å². The molecule has 0 amide bonds. The number of aromatic nitrogens is 5. The summed E-state index contributed by atoms with van der Waals surface area (Å²) in [5, 5.41) is 5.50. The summed E-state index contributed by atoms with van der Waals surface area (Å²) < 4.78 is 13.4. The first-order valence-corrected chi connectivity index (χ1v) is 8.96. The van der Waals surface area contributed by atoms with Crippen molar-refractivity contribution < 1.29 is 9.15 Å². The Morgan fingerprint density at radius 3 is 2.85 bits per heavy atom. The molecule has 0 aromatic carbocycles. The van der Waals surface area contributed by atoms with Gasteiger partial charge in [-0.05, 0) is 18.9 Å². The fourth-order valence-corrected chi connectivity index (χ4v) is 3.60. The largest absolute Gasteiger partial charge is 0.459 e. The molecule has 0 spiro atoms. The minimum Gasteiger partial charge on any atom is -0.459 e. The molecule has 0 bridgehead atoms. The van der Waals surface area contributed by atoms with Gasteiger partial charge in [0, 0.05) is 18.3 Å². The minimum atomic E-state index is 0.328. The number of furan rings is 1. The van der Waals surface area contributed by atoms with Gasteiger partial charge in [0.25, 0.3) is 0 Å². The summed E-state index contributed by atoms with van der Waals surface area (Å²) in [4.78, 5) is 12.7. The maximum Gasteiger partial charge on any atom is 0.219 e. The highest BCUT2D eigenvalue weighted by Crippen LogP contribution is 2.38. The highest BCUT2D eigenvalue weighted by molar-refractivity contribution is 5.97. The molecule has 8 nitrogen and oxygen atoms in total. The van der Waals surface area contributed by atoms with Crippen LogP contribution in [0.1, 0.15) is 31.7 Å². The number of pyridine rings is 1. The number of fused-ring (bicyclic) bond motifs is 1. The molecular weight excluding hydrogens is 344 g/mol. The van der Waals surface area contributed by atoms with E-state index in [1.54, 1.807) is 18.3 Å². The lowest BCUT2D eigenvalue weighted by Crippen LogP contribution is -2.07. The molecule has 136 valence electrons. The van der Waals surface area contributed by atoms with Crippen LogP contribution in [-0.4, -0.2) is 24.7 Å². The molecule has 8 heteroatoms. The van der Waals surface area contributed by atoms with Crippen LogP contribution in [0.15, 0.2) is 47.5 Å². The molecule has 1 saturated carbocycles. The predicted molar refractivity (Wildman–Crippen MR) is 99.3 cm³/mol. The van der Waals surface area contributed by atoms with E-state index >= 15 is 0 Å². The van der Waals surface area contributed by atoms with E-state index in [0.29, 0.717) is 40.3 Å². The Hall–Kier alpha value is -3.42. The molecule has 1 fully saturated rings. The van der Waals surface area contributed by atoms with Gasteiger partial charge in [-0.1, -0.05) is 18.9 Å². The van der Waals surface area contributed by atoms with E-state index in [2.05, 4.69) is 15.0 Å². The molecule has 2 N–H and O–H groups in total. The van der Waals surface area contributed by atoms with Crippen LogP contribution in [0.4, 0.5) is 5.82 Å². The average molecular weight is 362 g/mol. The van der Waals surface area contributed by atoms with Crippen LogP contribution < -0.4 is 10.5 Å². The van der Waals surface area contributed by atoms with E-state index in [1.807, 2.05) is 16.8 Å². The van der Waals surface area contributed by atoms with E-state index in [4.69, 9.17) is 20.0 Å². The highest BCUT2D eigenvalue weighted by atomic mass is 16.5. The SMILES string of the molecule is Nc1ncnc2c1c(-c1cc(Oc3ccccn3)co1)nn2C1CCCC1. The van der Waals surface area contributed by atoms with Crippen LogP contribution in [0.3, 0.4) is 0 Å². The second-order valence-electron chi connectivity index (χ2n) is 6.61. The van der Waals surface area contributed by atoms with Crippen molar-refractivity contribution in [2.75, 3.05) is 5.73 Å². The molecule has 0 unspecified atom stereocenters. The number of ether oxygens (including phenoxy) is 1. The topological polar surface area (TPSA) is 105 Å². The first-order valence-electron chi connectivity index (χ1n) is 8.96. The van der Waals surface area contributed by atoms with Crippen molar-refractivity contribution in [1.29, 1.82) is 0 Å². The number of rotatable bonds is 4. The second kappa shape index (κ2) is 6.39. The molecule has 1 aliphatic carbocycles. The van der Waals surface area contributed by atoms with Crippen LogP contribution in [0.5, 0.6) is 11.6 Å². The summed E-state index contributed by atoms with van der Waals surface area (Å²) in [6, 6.07) is 7.58. The smallest absolute Gasteiger partial charge is 0.219 e. The van der Waals surface area contributed by atoms with Crippen molar-refractivity contribution in [2.24, 2.45) is 0 Å². The van der Waals surface area contributed by atoms with E-state index in [9.17, 15) is 0 Å². The third-order valence-corrected chi connectivity index (χ3v) is 4.86. The molecule has 0 radical (unpaired) electrons. The van der Waals surface area contributed by atoms with E-state index in [1.165, 1.54) is 25.4 Å². The Balaban J connectivity index is 1.57. The fourth-order valence-electron chi connectivity index (χ4n) is 3.60. The molecule has 4 heterocycles. The van der Waals surface area contributed by atoms with Crippen LogP contribution >= 0.6 is 0 Å². The lowest BCUT2D eigenvalue weighted by Gasteiger charge is -2.09. The maximum atomic E-state index is 6.15. The fraction of sp³-hybridized carbons (Fsp3) is 0.263. The van der Waals surface area contributed by atoms with Gasteiger partial charge in [0.2, 0.25) is 5.88 Å². The Kier molecular flexibility index (Phi) is 3.74. The number of nitrogen functional groups attached to an aromatic ring is 1. The van der Waals surface area contributed by atoms with Crippen molar-refractivity contribution in [3.05, 3.63) is 43.1 Å². The maximum absolute atomic E-state index is 6.15. The van der Waals surface area contributed by atoms with Gasteiger partial charge in [-0.15, -0.1) is 0 Å². The van der Waals surface area contributed by atoms with Crippen LogP contribution in [0.2, 0.25) is 0 Å². The number of nitrogens with two attached hydrogens (primary N) is 1. The molecule has 4 aromatic heterocycles. The van der Waals surface area contributed by atoms with Crippen molar-refractivity contribution in [3.8, 4) is 23.1 Å². The summed E-state index contributed by atoms with van der Waals surface area (Å²) >= 11 is 0. The predicted octanol–water partition coefficient (Wildman–Crippen LogP) is 3.97. The Morgan fingerprint density at radius 1 is 1.15 bits per heavy atom. The zero-order valence-electron chi connectivity index (χ0n) is 14.6. The molecule has 5 rings (SSSR count). The van der Waals surface area contributed by atoms with Crippen LogP contribution in [-0.2, 0) is 0 Å². The summed E-state index contributed by atoms with van der Waals surface area (Å²) in [5.74, 6) is 1.99. The molecule has 0 saturated heterocycles. The Labute approximate surface area is 155 Å². The second-order valence-corrected chi connectivity index (χ2v) is 6.61. The van der Waals surface area contributed by atoms with Crippen molar-refractivity contribution in [1.82, 2.24) is 24.7 Å². The number of anilines is 1. The quantitative estimate of drug-likeness (QED) is 0.585. The van der Waals surface area contributed by atoms with E-state index in [-0.39, 0.29) is 0 Å². The van der Waals surface area contributed by atoms with Crippen LogP contribution in [0, 0.1) is 0 Å². The first kappa shape index (κ1) is 15.8.